The van der Waals surface area contributed by atoms with Crippen LogP contribution in [0.3, 0.4) is 0 Å². The first-order valence-electron chi connectivity index (χ1n) is 7.86. The maximum atomic E-state index is 12.7. The molecule has 3 heterocycles. The van der Waals surface area contributed by atoms with Gasteiger partial charge in [-0.05, 0) is 25.7 Å². The predicted octanol–water partition coefficient (Wildman–Crippen LogP) is 0.830. The van der Waals surface area contributed by atoms with Crippen LogP contribution < -0.4 is 0 Å². The molecule has 1 amide bonds. The SMILES string of the molecule is O=C(c1cn[nH]c1)N1CCC(S(=O)(=O)N2CCCCC2)CC1. The van der Waals surface area contributed by atoms with E-state index in [1.165, 1.54) is 6.20 Å². The highest BCUT2D eigenvalue weighted by Crippen LogP contribution is 2.24. The third-order valence-corrected chi connectivity index (χ3v) is 6.97. The second-order valence-corrected chi connectivity index (χ2v) is 8.20. The van der Waals surface area contributed by atoms with Gasteiger partial charge in [0.1, 0.15) is 0 Å². The normalized spacial score (nSPS) is 21.9. The smallest absolute Gasteiger partial charge is 0.257 e. The number of nitrogens with zero attached hydrogens (tertiary/aromatic N) is 3. The van der Waals surface area contributed by atoms with Gasteiger partial charge in [0.15, 0.2) is 0 Å². The Labute approximate surface area is 130 Å². The third-order valence-electron chi connectivity index (χ3n) is 4.57. The molecule has 2 saturated heterocycles. The van der Waals surface area contributed by atoms with Crippen molar-refractivity contribution in [2.24, 2.45) is 0 Å². The molecule has 0 atom stereocenters. The molecule has 2 fully saturated rings. The lowest BCUT2D eigenvalue weighted by atomic mass is 10.1. The molecule has 1 N–H and O–H groups in total. The Hall–Kier alpha value is -1.41. The number of carbonyl (C=O) groups is 1. The Morgan fingerprint density at radius 1 is 1.14 bits per heavy atom. The topological polar surface area (TPSA) is 86.4 Å². The van der Waals surface area contributed by atoms with Gasteiger partial charge in [-0.15, -0.1) is 0 Å². The zero-order chi connectivity index (χ0) is 15.6. The quantitative estimate of drug-likeness (QED) is 0.891. The predicted molar refractivity (Wildman–Crippen MR) is 81.9 cm³/mol. The largest absolute Gasteiger partial charge is 0.338 e. The van der Waals surface area contributed by atoms with E-state index in [1.807, 2.05) is 0 Å². The maximum Gasteiger partial charge on any atom is 0.257 e. The van der Waals surface area contributed by atoms with Crippen LogP contribution in [0.15, 0.2) is 12.4 Å². The molecular formula is C14H22N4O3S. The molecule has 0 saturated carbocycles. The van der Waals surface area contributed by atoms with E-state index in [9.17, 15) is 13.2 Å². The number of carbonyl (C=O) groups excluding carboxylic acids is 1. The van der Waals surface area contributed by atoms with Gasteiger partial charge in [0.2, 0.25) is 10.0 Å². The molecular weight excluding hydrogens is 304 g/mol. The van der Waals surface area contributed by atoms with E-state index in [1.54, 1.807) is 15.4 Å². The number of H-pyrrole nitrogens is 1. The lowest BCUT2D eigenvalue weighted by molar-refractivity contribution is 0.0724. The molecule has 1 aromatic rings. The van der Waals surface area contributed by atoms with Crippen molar-refractivity contribution in [2.75, 3.05) is 26.2 Å². The summed E-state index contributed by atoms with van der Waals surface area (Å²) in [6, 6.07) is 0. The number of likely N-dealkylation sites (tertiary alicyclic amines) is 1. The second kappa shape index (κ2) is 6.37. The van der Waals surface area contributed by atoms with Crippen LogP contribution in [0.2, 0.25) is 0 Å². The first-order chi connectivity index (χ1) is 10.6. The number of aromatic amines is 1. The fourth-order valence-electron chi connectivity index (χ4n) is 3.24. The Balaban J connectivity index is 1.60. The van der Waals surface area contributed by atoms with Crippen molar-refractivity contribution < 1.29 is 13.2 Å². The molecule has 0 bridgehead atoms. The minimum absolute atomic E-state index is 0.0810. The second-order valence-electron chi connectivity index (χ2n) is 5.98. The number of rotatable bonds is 3. The van der Waals surface area contributed by atoms with E-state index in [4.69, 9.17) is 0 Å². The average molecular weight is 326 g/mol. The van der Waals surface area contributed by atoms with Gasteiger partial charge >= 0.3 is 0 Å². The highest BCUT2D eigenvalue weighted by molar-refractivity contribution is 7.89. The van der Waals surface area contributed by atoms with Crippen molar-refractivity contribution >= 4 is 15.9 Å². The van der Waals surface area contributed by atoms with Gasteiger partial charge in [-0.25, -0.2) is 12.7 Å². The van der Waals surface area contributed by atoms with Crippen molar-refractivity contribution in [3.05, 3.63) is 18.0 Å². The average Bonchev–Trinajstić information content (AvgIpc) is 3.09. The lowest BCUT2D eigenvalue weighted by Crippen LogP contribution is -2.48. The molecule has 0 radical (unpaired) electrons. The summed E-state index contributed by atoms with van der Waals surface area (Å²) in [6.07, 6.45) is 7.13. The van der Waals surface area contributed by atoms with E-state index >= 15 is 0 Å². The Kier molecular flexibility index (Phi) is 4.49. The summed E-state index contributed by atoms with van der Waals surface area (Å²) in [6.45, 7) is 2.27. The molecule has 3 rings (SSSR count). The molecule has 7 nitrogen and oxygen atoms in total. The lowest BCUT2D eigenvalue weighted by Gasteiger charge is -2.35. The molecule has 2 aliphatic rings. The Bertz CT molecular complexity index is 600. The number of amides is 1. The van der Waals surface area contributed by atoms with Gasteiger partial charge < -0.3 is 4.90 Å². The third kappa shape index (κ3) is 3.03. The van der Waals surface area contributed by atoms with E-state index < -0.39 is 10.0 Å². The molecule has 0 aliphatic carbocycles. The Morgan fingerprint density at radius 2 is 1.82 bits per heavy atom. The fraction of sp³-hybridized carbons (Fsp3) is 0.714. The molecule has 2 aliphatic heterocycles. The summed E-state index contributed by atoms with van der Waals surface area (Å²) in [5.74, 6) is -0.0810. The molecule has 8 heteroatoms. The first-order valence-corrected chi connectivity index (χ1v) is 9.36. The number of hydrogen-bond acceptors (Lipinski definition) is 4. The summed E-state index contributed by atoms with van der Waals surface area (Å²) in [4.78, 5) is 13.9. The van der Waals surface area contributed by atoms with Crippen molar-refractivity contribution in [2.45, 2.75) is 37.4 Å². The fourth-order valence-corrected chi connectivity index (χ4v) is 5.23. The number of nitrogens with one attached hydrogen (secondary N) is 1. The van der Waals surface area contributed by atoms with Gasteiger partial charge in [0, 0.05) is 32.4 Å². The standard InChI is InChI=1S/C14H22N4O3S/c19-14(12-10-15-16-11-12)17-8-4-13(5-9-17)22(20,21)18-6-2-1-3-7-18/h10-11,13H,1-9H2,(H,15,16). The van der Waals surface area contributed by atoms with Crippen LogP contribution in [0.25, 0.3) is 0 Å². The van der Waals surface area contributed by atoms with E-state index in [0.29, 0.717) is 44.6 Å². The van der Waals surface area contributed by atoms with Crippen molar-refractivity contribution in [1.29, 1.82) is 0 Å². The number of hydrogen-bond donors (Lipinski definition) is 1. The molecule has 0 unspecified atom stereocenters. The van der Waals surface area contributed by atoms with Crippen molar-refractivity contribution in [3.63, 3.8) is 0 Å². The molecule has 122 valence electrons. The van der Waals surface area contributed by atoms with Gasteiger partial charge in [0.25, 0.3) is 5.91 Å². The van der Waals surface area contributed by atoms with Crippen LogP contribution in [-0.4, -0.2) is 65.2 Å². The summed E-state index contributed by atoms with van der Waals surface area (Å²) < 4.78 is 27.0. The van der Waals surface area contributed by atoms with E-state index in [0.717, 1.165) is 19.3 Å². The minimum atomic E-state index is -3.21. The monoisotopic (exact) mass is 326 g/mol. The van der Waals surface area contributed by atoms with Gasteiger partial charge in [-0.2, -0.15) is 5.10 Å². The summed E-state index contributed by atoms with van der Waals surface area (Å²) in [5.41, 5.74) is 0.525. The van der Waals surface area contributed by atoms with Gasteiger partial charge in [0.05, 0.1) is 17.0 Å². The van der Waals surface area contributed by atoms with E-state index in [-0.39, 0.29) is 11.2 Å². The summed E-state index contributed by atoms with van der Waals surface area (Å²) in [7, 11) is -3.21. The number of piperidine rings is 2. The summed E-state index contributed by atoms with van der Waals surface area (Å²) >= 11 is 0. The van der Waals surface area contributed by atoms with E-state index in [2.05, 4.69) is 10.2 Å². The number of aromatic nitrogens is 2. The molecule has 22 heavy (non-hydrogen) atoms. The van der Waals surface area contributed by atoms with Crippen LogP contribution in [0, 0.1) is 0 Å². The maximum absolute atomic E-state index is 12.7. The zero-order valence-corrected chi connectivity index (χ0v) is 13.4. The van der Waals surface area contributed by atoms with Crippen LogP contribution in [-0.2, 0) is 10.0 Å². The molecule has 0 spiro atoms. The first kappa shape index (κ1) is 15.5. The van der Waals surface area contributed by atoms with Gasteiger partial charge in [-0.3, -0.25) is 9.89 Å². The molecule has 1 aromatic heterocycles. The van der Waals surface area contributed by atoms with Crippen LogP contribution in [0.1, 0.15) is 42.5 Å². The minimum Gasteiger partial charge on any atom is -0.338 e. The van der Waals surface area contributed by atoms with Crippen LogP contribution in [0.5, 0.6) is 0 Å². The van der Waals surface area contributed by atoms with Crippen molar-refractivity contribution in [1.82, 2.24) is 19.4 Å². The Morgan fingerprint density at radius 3 is 2.41 bits per heavy atom. The van der Waals surface area contributed by atoms with Crippen molar-refractivity contribution in [3.8, 4) is 0 Å². The highest BCUT2D eigenvalue weighted by Gasteiger charge is 2.36. The number of sulfonamides is 1. The summed E-state index contributed by atoms with van der Waals surface area (Å²) in [5, 5.41) is 6.06. The zero-order valence-electron chi connectivity index (χ0n) is 12.6. The molecule has 0 aromatic carbocycles. The van der Waals surface area contributed by atoms with Gasteiger partial charge in [-0.1, -0.05) is 6.42 Å². The van der Waals surface area contributed by atoms with Crippen LogP contribution in [0.4, 0.5) is 0 Å². The van der Waals surface area contributed by atoms with Crippen LogP contribution >= 0.6 is 0 Å². The highest BCUT2D eigenvalue weighted by atomic mass is 32.2.